The molecular weight excluding hydrogens is 316 g/mol. The Bertz CT molecular complexity index is 1040. The van der Waals surface area contributed by atoms with Gasteiger partial charge < -0.3 is 0 Å². The average Bonchev–Trinajstić information content (AvgIpc) is 3.15. The van der Waals surface area contributed by atoms with Gasteiger partial charge in [0, 0.05) is 11.0 Å². The lowest BCUT2D eigenvalue weighted by Gasteiger charge is -2.35. The molecule has 2 aromatic carbocycles. The molecule has 2 aliphatic rings. The van der Waals surface area contributed by atoms with E-state index in [1.165, 1.54) is 70.1 Å². The van der Waals surface area contributed by atoms with Crippen LogP contribution in [0.1, 0.15) is 67.7 Å². The van der Waals surface area contributed by atoms with Gasteiger partial charge in [-0.15, -0.1) is 0 Å². The monoisotopic (exact) mass is 343 g/mol. The first-order chi connectivity index (χ1) is 12.5. The van der Waals surface area contributed by atoms with E-state index < -0.39 is 0 Å². The van der Waals surface area contributed by atoms with Crippen molar-refractivity contribution in [3.05, 3.63) is 58.9 Å². The molecule has 0 aliphatic heterocycles. The fourth-order valence-corrected chi connectivity index (χ4v) is 5.32. The standard InChI is InChI=1S/C24H27N2/c1-15-8-7-11-18-21(15)23-22-19(24(18,2)3)12-17(16-9-5-6-10-16)13-20(22)25-14-26(23)4/h7-8,11-14,16H,5-6,9-10H2,1-4H3/q+1. The van der Waals surface area contributed by atoms with Gasteiger partial charge in [-0.25, -0.2) is 4.57 Å². The third-order valence-corrected chi connectivity index (χ3v) is 6.78. The van der Waals surface area contributed by atoms with Gasteiger partial charge in [0.2, 0.25) is 0 Å². The summed E-state index contributed by atoms with van der Waals surface area (Å²) in [6, 6.07) is 11.6. The molecular formula is C24H27N2+. The number of hydrogen-bond donors (Lipinski definition) is 0. The van der Waals surface area contributed by atoms with Gasteiger partial charge in [0.1, 0.15) is 5.69 Å². The minimum absolute atomic E-state index is 0.00273. The molecule has 0 radical (unpaired) electrons. The van der Waals surface area contributed by atoms with Crippen LogP contribution in [0.15, 0.2) is 36.7 Å². The minimum atomic E-state index is -0.00273. The second-order valence-electron chi connectivity index (χ2n) is 8.77. The summed E-state index contributed by atoms with van der Waals surface area (Å²) in [5.74, 6) is 0.713. The third kappa shape index (κ3) is 2.05. The molecule has 1 saturated carbocycles. The van der Waals surface area contributed by atoms with Gasteiger partial charge in [-0.2, -0.15) is 0 Å². The molecule has 132 valence electrons. The van der Waals surface area contributed by atoms with E-state index >= 15 is 0 Å². The SMILES string of the molecule is Cc1cccc2c1-c1c3c(cc(C4CCCC4)cc3nc[n+]1C)C2(C)C. The molecule has 0 bridgehead atoms. The maximum Gasteiger partial charge on any atom is 0.287 e. The van der Waals surface area contributed by atoms with Crippen LogP contribution in [-0.4, -0.2) is 4.98 Å². The van der Waals surface area contributed by atoms with E-state index in [4.69, 9.17) is 4.98 Å². The summed E-state index contributed by atoms with van der Waals surface area (Å²) >= 11 is 0. The van der Waals surface area contributed by atoms with E-state index in [9.17, 15) is 0 Å². The van der Waals surface area contributed by atoms with Crippen LogP contribution in [0.5, 0.6) is 0 Å². The van der Waals surface area contributed by atoms with Crippen molar-refractivity contribution in [1.29, 1.82) is 0 Å². The Morgan fingerprint density at radius 1 is 1.08 bits per heavy atom. The topological polar surface area (TPSA) is 16.8 Å². The maximum atomic E-state index is 4.85. The van der Waals surface area contributed by atoms with E-state index in [-0.39, 0.29) is 5.41 Å². The summed E-state index contributed by atoms with van der Waals surface area (Å²) < 4.78 is 2.21. The van der Waals surface area contributed by atoms with E-state index in [0.29, 0.717) is 5.92 Å². The highest BCUT2D eigenvalue weighted by Crippen LogP contribution is 2.49. The highest BCUT2D eigenvalue weighted by molar-refractivity contribution is 5.99. The Kier molecular flexibility index (Phi) is 3.31. The normalized spacial score (nSPS) is 18.3. The molecule has 26 heavy (non-hydrogen) atoms. The number of aryl methyl sites for hydroxylation is 2. The number of fused-ring (bicyclic) bond motifs is 2. The van der Waals surface area contributed by atoms with Crippen molar-refractivity contribution in [2.24, 2.45) is 7.05 Å². The predicted molar refractivity (Wildman–Crippen MR) is 106 cm³/mol. The van der Waals surface area contributed by atoms with Crippen molar-refractivity contribution in [3.63, 3.8) is 0 Å². The molecule has 0 amide bonds. The summed E-state index contributed by atoms with van der Waals surface area (Å²) in [6.45, 7) is 7.00. The fourth-order valence-electron chi connectivity index (χ4n) is 5.32. The average molecular weight is 343 g/mol. The second-order valence-corrected chi connectivity index (χ2v) is 8.77. The van der Waals surface area contributed by atoms with E-state index in [1.807, 2.05) is 6.33 Å². The van der Waals surface area contributed by atoms with Crippen molar-refractivity contribution in [2.75, 3.05) is 0 Å². The van der Waals surface area contributed by atoms with E-state index in [1.54, 1.807) is 0 Å². The number of hydrogen-bond acceptors (Lipinski definition) is 1. The minimum Gasteiger partial charge on any atom is -0.232 e. The van der Waals surface area contributed by atoms with Gasteiger partial charge in [0.15, 0.2) is 5.52 Å². The van der Waals surface area contributed by atoms with Crippen molar-refractivity contribution in [1.82, 2.24) is 4.98 Å². The molecule has 0 unspecified atom stereocenters. The molecule has 0 saturated heterocycles. The lowest BCUT2D eigenvalue weighted by Crippen LogP contribution is -2.36. The fraction of sp³-hybridized carbons (Fsp3) is 0.417. The Labute approximate surface area is 155 Å². The molecule has 1 heterocycles. The van der Waals surface area contributed by atoms with Gasteiger partial charge >= 0.3 is 0 Å². The van der Waals surface area contributed by atoms with Crippen LogP contribution in [0, 0.1) is 6.92 Å². The van der Waals surface area contributed by atoms with Crippen molar-refractivity contribution < 1.29 is 4.57 Å². The zero-order valence-corrected chi connectivity index (χ0v) is 16.3. The Morgan fingerprint density at radius 2 is 1.85 bits per heavy atom. The molecule has 1 fully saturated rings. The maximum absolute atomic E-state index is 4.85. The lowest BCUT2D eigenvalue weighted by molar-refractivity contribution is -0.662. The zero-order chi connectivity index (χ0) is 18.1. The van der Waals surface area contributed by atoms with Gasteiger partial charge in [-0.1, -0.05) is 51.0 Å². The van der Waals surface area contributed by atoms with Gasteiger partial charge in [-0.05, 0) is 59.0 Å². The number of nitrogens with zero attached hydrogens (tertiary/aromatic N) is 2. The Morgan fingerprint density at radius 3 is 2.62 bits per heavy atom. The first kappa shape index (κ1) is 16.0. The highest BCUT2D eigenvalue weighted by atomic mass is 15.0. The number of aromatic nitrogens is 2. The lowest BCUT2D eigenvalue weighted by atomic mass is 9.68. The first-order valence-electron chi connectivity index (χ1n) is 9.91. The van der Waals surface area contributed by atoms with Crippen LogP contribution >= 0.6 is 0 Å². The highest BCUT2D eigenvalue weighted by Gasteiger charge is 2.38. The molecule has 0 N–H and O–H groups in total. The van der Waals surface area contributed by atoms with Gasteiger partial charge in [0.25, 0.3) is 6.33 Å². The number of benzene rings is 2. The van der Waals surface area contributed by atoms with E-state index in [0.717, 1.165) is 0 Å². The van der Waals surface area contributed by atoms with Crippen molar-refractivity contribution >= 4 is 10.9 Å². The van der Waals surface area contributed by atoms with Crippen LogP contribution in [0.25, 0.3) is 22.2 Å². The van der Waals surface area contributed by atoms with Gasteiger partial charge in [-0.3, -0.25) is 0 Å². The molecule has 0 spiro atoms. The molecule has 0 atom stereocenters. The zero-order valence-electron chi connectivity index (χ0n) is 16.3. The molecule has 2 aliphatic carbocycles. The van der Waals surface area contributed by atoms with Crippen LogP contribution in [0.2, 0.25) is 0 Å². The van der Waals surface area contributed by atoms with Crippen LogP contribution in [-0.2, 0) is 12.5 Å². The second kappa shape index (κ2) is 5.39. The summed E-state index contributed by atoms with van der Waals surface area (Å²) in [5, 5.41) is 1.35. The van der Waals surface area contributed by atoms with Crippen LogP contribution in [0.4, 0.5) is 0 Å². The van der Waals surface area contributed by atoms with Crippen LogP contribution < -0.4 is 4.57 Å². The predicted octanol–water partition coefficient (Wildman–Crippen LogP) is 5.33. The van der Waals surface area contributed by atoms with Gasteiger partial charge in [0.05, 0.1) is 12.4 Å². The largest absolute Gasteiger partial charge is 0.287 e. The molecule has 2 heteroatoms. The summed E-state index contributed by atoms with van der Waals surface area (Å²) in [5.41, 5.74) is 9.64. The quantitative estimate of drug-likeness (QED) is 0.546. The molecule has 5 rings (SSSR count). The summed E-state index contributed by atoms with van der Waals surface area (Å²) in [6.07, 6.45) is 7.38. The molecule has 3 aromatic rings. The van der Waals surface area contributed by atoms with Crippen molar-refractivity contribution in [2.45, 2.75) is 57.8 Å². The Hall–Kier alpha value is -2.22. The smallest absolute Gasteiger partial charge is 0.232 e. The first-order valence-corrected chi connectivity index (χ1v) is 9.91. The van der Waals surface area contributed by atoms with Crippen LogP contribution in [0.3, 0.4) is 0 Å². The summed E-state index contributed by atoms with van der Waals surface area (Å²) in [4.78, 5) is 4.85. The Balaban J connectivity index is 1.92. The van der Waals surface area contributed by atoms with Crippen molar-refractivity contribution in [3.8, 4) is 11.3 Å². The number of rotatable bonds is 1. The van der Waals surface area contributed by atoms with E-state index in [2.05, 4.69) is 62.7 Å². The summed E-state index contributed by atoms with van der Waals surface area (Å²) in [7, 11) is 2.13. The molecule has 1 aromatic heterocycles. The molecule has 2 nitrogen and oxygen atoms in total. The third-order valence-electron chi connectivity index (χ3n) is 6.78.